The van der Waals surface area contributed by atoms with Gasteiger partial charge in [0.2, 0.25) is 5.82 Å². The van der Waals surface area contributed by atoms with Gasteiger partial charge in [0.15, 0.2) is 5.69 Å². The van der Waals surface area contributed by atoms with Gasteiger partial charge in [0.1, 0.15) is 0 Å². The van der Waals surface area contributed by atoms with Gasteiger partial charge >= 0.3 is 0 Å². The minimum absolute atomic E-state index is 0.0949. The number of imidazole rings is 1. The largest absolute Gasteiger partial charge is 0.344 e. The first-order valence-corrected chi connectivity index (χ1v) is 9.12. The first-order chi connectivity index (χ1) is 14.7. The number of aromatic nitrogens is 3. The second-order valence-corrected chi connectivity index (χ2v) is 6.39. The number of nitrogens with zero attached hydrogens (tertiary/aromatic N) is 4. The zero-order valence-electron chi connectivity index (χ0n) is 15.7. The molecule has 0 spiro atoms. The van der Waals surface area contributed by atoms with Crippen LogP contribution in [0.4, 0.5) is 5.69 Å². The van der Waals surface area contributed by atoms with Crippen LogP contribution >= 0.6 is 0 Å². The Morgan fingerprint density at radius 3 is 2.70 bits per heavy atom. The molecule has 0 saturated carbocycles. The minimum atomic E-state index is -0.474. The summed E-state index contributed by atoms with van der Waals surface area (Å²) in [6, 6.07) is 19.3. The van der Waals surface area contributed by atoms with Crippen LogP contribution in [0.5, 0.6) is 0 Å². The number of amides is 2. The van der Waals surface area contributed by atoms with Gasteiger partial charge < -0.3 is 10.6 Å². The average Bonchev–Trinajstić information content (AvgIpc) is 3.18. The molecular weight excluding hydrogens is 380 g/mol. The number of fused-ring (bicyclic) bond motifs is 1. The lowest BCUT2D eigenvalue weighted by Crippen LogP contribution is -2.25. The third-order valence-electron chi connectivity index (χ3n) is 4.37. The maximum Gasteiger partial charge on any atom is 0.288 e. The van der Waals surface area contributed by atoms with E-state index in [1.807, 2.05) is 12.1 Å². The Morgan fingerprint density at radius 2 is 1.90 bits per heavy atom. The zero-order valence-corrected chi connectivity index (χ0v) is 15.7. The van der Waals surface area contributed by atoms with Gasteiger partial charge in [0, 0.05) is 18.1 Å². The summed E-state index contributed by atoms with van der Waals surface area (Å²) < 4.78 is 1.56. The number of hydrogen-bond donors (Lipinski definition) is 2. The molecule has 8 heteroatoms. The van der Waals surface area contributed by atoms with E-state index in [4.69, 9.17) is 5.26 Å². The Kier molecular flexibility index (Phi) is 5.17. The molecule has 3 aromatic heterocycles. The Balaban J connectivity index is 1.60. The van der Waals surface area contributed by atoms with Crippen LogP contribution in [-0.4, -0.2) is 26.2 Å². The topological polar surface area (TPSA) is 112 Å². The van der Waals surface area contributed by atoms with Crippen molar-refractivity contribution in [3.05, 3.63) is 95.8 Å². The van der Waals surface area contributed by atoms with Gasteiger partial charge in [-0.2, -0.15) is 5.26 Å². The first kappa shape index (κ1) is 18.8. The van der Waals surface area contributed by atoms with Crippen LogP contribution in [0.2, 0.25) is 0 Å². The van der Waals surface area contributed by atoms with Crippen molar-refractivity contribution in [1.82, 2.24) is 19.7 Å². The monoisotopic (exact) mass is 396 g/mol. The number of rotatable bonds is 5. The molecule has 1 aromatic carbocycles. The second-order valence-electron chi connectivity index (χ2n) is 6.39. The van der Waals surface area contributed by atoms with Crippen LogP contribution in [0.1, 0.15) is 32.4 Å². The lowest BCUT2D eigenvalue weighted by Gasteiger charge is -2.04. The van der Waals surface area contributed by atoms with Crippen LogP contribution in [0.15, 0.2) is 73.1 Å². The van der Waals surface area contributed by atoms with Crippen molar-refractivity contribution in [2.45, 2.75) is 6.54 Å². The standard InChI is InChI=1S/C22H16N6O2/c23-13-15-6-5-8-16(12-15)26-21(29)19-18-9-2-4-11-28(18)20(27-19)22(30)25-14-17-7-1-3-10-24-17/h1-12H,14H2,(H,25,30)(H,26,29). The van der Waals surface area contributed by atoms with Crippen molar-refractivity contribution in [3.63, 3.8) is 0 Å². The summed E-state index contributed by atoms with van der Waals surface area (Å²) in [6.07, 6.45) is 3.32. The lowest BCUT2D eigenvalue weighted by molar-refractivity contribution is 0.0939. The minimum Gasteiger partial charge on any atom is -0.344 e. The summed E-state index contributed by atoms with van der Waals surface area (Å²) in [5.74, 6) is -0.803. The molecule has 0 aliphatic heterocycles. The van der Waals surface area contributed by atoms with E-state index >= 15 is 0 Å². The fourth-order valence-electron chi connectivity index (χ4n) is 2.97. The van der Waals surface area contributed by atoms with Gasteiger partial charge in [0.05, 0.1) is 29.4 Å². The summed E-state index contributed by atoms with van der Waals surface area (Å²) in [4.78, 5) is 34.0. The van der Waals surface area contributed by atoms with Crippen molar-refractivity contribution in [1.29, 1.82) is 5.26 Å². The van der Waals surface area contributed by atoms with Crippen LogP contribution in [0.3, 0.4) is 0 Å². The fourth-order valence-corrected chi connectivity index (χ4v) is 2.97. The summed E-state index contributed by atoms with van der Waals surface area (Å²) >= 11 is 0. The molecule has 0 radical (unpaired) electrons. The van der Waals surface area contributed by atoms with Crippen LogP contribution in [0.25, 0.3) is 5.52 Å². The molecular formula is C22H16N6O2. The number of benzene rings is 1. The van der Waals surface area contributed by atoms with E-state index in [2.05, 4.69) is 20.6 Å². The predicted molar refractivity (Wildman–Crippen MR) is 110 cm³/mol. The molecule has 146 valence electrons. The molecule has 4 aromatic rings. The van der Waals surface area contributed by atoms with Crippen molar-refractivity contribution < 1.29 is 9.59 Å². The molecule has 0 fully saturated rings. The zero-order chi connectivity index (χ0) is 20.9. The molecule has 30 heavy (non-hydrogen) atoms. The quantitative estimate of drug-likeness (QED) is 0.539. The summed E-state index contributed by atoms with van der Waals surface area (Å²) in [5, 5.41) is 14.5. The maximum absolute atomic E-state index is 12.8. The normalized spacial score (nSPS) is 10.4. The SMILES string of the molecule is N#Cc1cccc(NC(=O)c2nc(C(=O)NCc3ccccn3)n3ccccc23)c1. The lowest BCUT2D eigenvalue weighted by atomic mass is 10.2. The van der Waals surface area contributed by atoms with Gasteiger partial charge in [-0.25, -0.2) is 4.98 Å². The van der Waals surface area contributed by atoms with Crippen LogP contribution in [-0.2, 0) is 6.54 Å². The maximum atomic E-state index is 12.8. The van der Waals surface area contributed by atoms with E-state index in [1.54, 1.807) is 71.4 Å². The van der Waals surface area contributed by atoms with Crippen molar-refractivity contribution in [2.24, 2.45) is 0 Å². The second kappa shape index (κ2) is 8.24. The van der Waals surface area contributed by atoms with Crippen LogP contribution in [0, 0.1) is 11.3 Å². The molecule has 0 bridgehead atoms. The molecule has 0 saturated heterocycles. The summed E-state index contributed by atoms with van der Waals surface area (Å²) in [5.41, 5.74) is 2.21. The number of pyridine rings is 2. The molecule has 3 heterocycles. The average molecular weight is 396 g/mol. The summed E-state index contributed by atoms with van der Waals surface area (Å²) in [7, 11) is 0. The van der Waals surface area contributed by atoms with Gasteiger partial charge in [-0.1, -0.05) is 18.2 Å². The van der Waals surface area contributed by atoms with Crippen molar-refractivity contribution >= 4 is 23.0 Å². The number of nitriles is 1. The number of anilines is 1. The van der Waals surface area contributed by atoms with E-state index in [1.165, 1.54) is 0 Å². The number of carbonyl (C=O) groups excluding carboxylic acids is 2. The first-order valence-electron chi connectivity index (χ1n) is 9.12. The van der Waals surface area contributed by atoms with Crippen molar-refractivity contribution in [3.8, 4) is 6.07 Å². The van der Waals surface area contributed by atoms with Gasteiger partial charge in [0.25, 0.3) is 11.8 Å². The van der Waals surface area contributed by atoms with E-state index in [9.17, 15) is 9.59 Å². The smallest absolute Gasteiger partial charge is 0.288 e. The number of carbonyl (C=O) groups is 2. The molecule has 4 rings (SSSR count). The predicted octanol–water partition coefficient (Wildman–Crippen LogP) is 2.78. The highest BCUT2D eigenvalue weighted by atomic mass is 16.2. The van der Waals surface area contributed by atoms with Gasteiger partial charge in [-0.15, -0.1) is 0 Å². The Morgan fingerprint density at radius 1 is 1.03 bits per heavy atom. The Bertz CT molecular complexity index is 1270. The highest BCUT2D eigenvalue weighted by Crippen LogP contribution is 2.17. The highest BCUT2D eigenvalue weighted by Gasteiger charge is 2.21. The fraction of sp³-hybridized carbons (Fsp3) is 0.0455. The highest BCUT2D eigenvalue weighted by molar-refractivity contribution is 6.09. The molecule has 0 aliphatic rings. The van der Waals surface area contributed by atoms with E-state index < -0.39 is 11.8 Å². The molecule has 0 unspecified atom stereocenters. The molecule has 2 N–H and O–H groups in total. The molecule has 0 aliphatic carbocycles. The number of hydrogen-bond acceptors (Lipinski definition) is 5. The van der Waals surface area contributed by atoms with E-state index in [0.29, 0.717) is 22.5 Å². The van der Waals surface area contributed by atoms with Crippen molar-refractivity contribution in [2.75, 3.05) is 5.32 Å². The van der Waals surface area contributed by atoms with Gasteiger partial charge in [-0.05, 0) is 42.5 Å². The third-order valence-corrected chi connectivity index (χ3v) is 4.37. The molecule has 2 amide bonds. The Hall–Kier alpha value is -4.51. The molecule has 0 atom stereocenters. The van der Waals surface area contributed by atoms with E-state index in [-0.39, 0.29) is 18.1 Å². The van der Waals surface area contributed by atoms with Crippen LogP contribution < -0.4 is 10.6 Å². The summed E-state index contributed by atoms with van der Waals surface area (Å²) in [6.45, 7) is 0.240. The van der Waals surface area contributed by atoms with Gasteiger partial charge in [-0.3, -0.25) is 19.0 Å². The third kappa shape index (κ3) is 3.86. The van der Waals surface area contributed by atoms with E-state index in [0.717, 1.165) is 0 Å². The Labute approximate surface area is 171 Å². The number of nitrogens with one attached hydrogen (secondary N) is 2. The molecule has 8 nitrogen and oxygen atoms in total.